The monoisotopic (exact) mass is 335 g/mol. The minimum atomic E-state index is -0.240. The SMILES string of the molecule is CCCc1ccc(-c2cc[c]cc2C(=O)NCC2(N)CCCC2)cc1. The quantitative estimate of drug-likeness (QED) is 0.835. The van der Waals surface area contributed by atoms with Gasteiger partial charge in [0.05, 0.1) is 0 Å². The van der Waals surface area contributed by atoms with Gasteiger partial charge in [0, 0.05) is 17.6 Å². The van der Waals surface area contributed by atoms with Crippen molar-refractivity contribution >= 4 is 5.91 Å². The lowest BCUT2D eigenvalue weighted by Gasteiger charge is -2.24. The standard InChI is InChI=1S/C22H27N2O/c1-2-7-17-10-12-18(13-11-17)19-8-3-4-9-20(19)21(25)24-16-22(23)14-5-6-15-22/h3,8-13H,2,5-7,14-16,23H2,1H3,(H,24,25). The smallest absolute Gasteiger partial charge is 0.251 e. The molecule has 25 heavy (non-hydrogen) atoms. The molecule has 131 valence electrons. The molecule has 1 saturated carbocycles. The van der Waals surface area contributed by atoms with Crippen LogP contribution in [0.3, 0.4) is 0 Å². The van der Waals surface area contributed by atoms with Crippen LogP contribution in [0.1, 0.15) is 54.9 Å². The summed E-state index contributed by atoms with van der Waals surface area (Å²) < 4.78 is 0. The Morgan fingerprint density at radius 1 is 1.20 bits per heavy atom. The minimum Gasteiger partial charge on any atom is -0.350 e. The number of hydrogen-bond donors (Lipinski definition) is 2. The van der Waals surface area contributed by atoms with Crippen molar-refractivity contribution in [2.24, 2.45) is 5.73 Å². The molecule has 1 aliphatic rings. The van der Waals surface area contributed by atoms with Gasteiger partial charge in [0.25, 0.3) is 5.91 Å². The van der Waals surface area contributed by atoms with Gasteiger partial charge in [0.15, 0.2) is 0 Å². The van der Waals surface area contributed by atoms with Crippen LogP contribution in [0.5, 0.6) is 0 Å². The molecule has 3 rings (SSSR count). The third-order valence-electron chi connectivity index (χ3n) is 5.11. The number of benzene rings is 2. The van der Waals surface area contributed by atoms with Crippen molar-refractivity contribution in [1.29, 1.82) is 0 Å². The average Bonchev–Trinajstić information content (AvgIpc) is 3.08. The van der Waals surface area contributed by atoms with E-state index in [0.29, 0.717) is 12.1 Å². The van der Waals surface area contributed by atoms with Crippen LogP contribution in [0.2, 0.25) is 0 Å². The molecule has 2 aromatic carbocycles. The fraction of sp³-hybridized carbons (Fsp3) is 0.409. The summed E-state index contributed by atoms with van der Waals surface area (Å²) in [5, 5.41) is 3.04. The number of nitrogens with one attached hydrogen (secondary N) is 1. The largest absolute Gasteiger partial charge is 0.350 e. The molecule has 0 saturated heterocycles. The van der Waals surface area contributed by atoms with Crippen molar-refractivity contribution in [2.45, 2.75) is 51.0 Å². The molecule has 3 heteroatoms. The number of nitrogens with two attached hydrogens (primary N) is 1. The highest BCUT2D eigenvalue weighted by Crippen LogP contribution is 2.27. The molecule has 0 aromatic heterocycles. The summed E-state index contributed by atoms with van der Waals surface area (Å²) in [6.45, 7) is 2.72. The van der Waals surface area contributed by atoms with Gasteiger partial charge in [-0.05, 0) is 48.1 Å². The Balaban J connectivity index is 1.76. The molecule has 0 spiro atoms. The van der Waals surface area contributed by atoms with Crippen molar-refractivity contribution in [2.75, 3.05) is 6.54 Å². The second-order valence-electron chi connectivity index (χ2n) is 7.17. The average molecular weight is 335 g/mol. The molecule has 0 bridgehead atoms. The first-order valence-corrected chi connectivity index (χ1v) is 9.28. The van der Waals surface area contributed by atoms with Gasteiger partial charge in [-0.3, -0.25) is 4.79 Å². The Morgan fingerprint density at radius 2 is 1.92 bits per heavy atom. The van der Waals surface area contributed by atoms with Crippen molar-refractivity contribution in [1.82, 2.24) is 5.32 Å². The molecule has 1 fully saturated rings. The number of carbonyl (C=O) groups excluding carboxylic acids is 1. The van der Waals surface area contributed by atoms with E-state index in [0.717, 1.165) is 49.7 Å². The third-order valence-corrected chi connectivity index (χ3v) is 5.11. The Hall–Kier alpha value is -2.13. The van der Waals surface area contributed by atoms with Gasteiger partial charge < -0.3 is 11.1 Å². The van der Waals surface area contributed by atoms with Gasteiger partial charge >= 0.3 is 0 Å². The van der Waals surface area contributed by atoms with Crippen molar-refractivity contribution < 1.29 is 4.79 Å². The van der Waals surface area contributed by atoms with Gasteiger partial charge in [-0.15, -0.1) is 0 Å². The number of hydrogen-bond acceptors (Lipinski definition) is 2. The molecule has 3 N–H and O–H groups in total. The van der Waals surface area contributed by atoms with Crippen LogP contribution in [-0.2, 0) is 6.42 Å². The van der Waals surface area contributed by atoms with E-state index in [1.165, 1.54) is 5.56 Å². The highest BCUT2D eigenvalue weighted by molar-refractivity contribution is 6.00. The lowest BCUT2D eigenvalue weighted by Crippen LogP contribution is -2.48. The van der Waals surface area contributed by atoms with E-state index in [9.17, 15) is 4.79 Å². The fourth-order valence-electron chi connectivity index (χ4n) is 3.62. The zero-order chi connectivity index (χ0) is 17.7. The second-order valence-corrected chi connectivity index (χ2v) is 7.17. The molecule has 3 nitrogen and oxygen atoms in total. The zero-order valence-electron chi connectivity index (χ0n) is 15.0. The van der Waals surface area contributed by atoms with Crippen LogP contribution < -0.4 is 11.1 Å². The normalized spacial score (nSPS) is 15.9. The molecule has 1 aliphatic carbocycles. The molecule has 1 radical (unpaired) electrons. The first-order chi connectivity index (χ1) is 12.1. The number of amides is 1. The fourth-order valence-corrected chi connectivity index (χ4v) is 3.62. The van der Waals surface area contributed by atoms with Crippen LogP contribution >= 0.6 is 0 Å². The van der Waals surface area contributed by atoms with Gasteiger partial charge in [0.2, 0.25) is 0 Å². The van der Waals surface area contributed by atoms with Crippen LogP contribution in [0.4, 0.5) is 0 Å². The van der Waals surface area contributed by atoms with Gasteiger partial charge in [-0.25, -0.2) is 0 Å². The lowest BCUT2D eigenvalue weighted by molar-refractivity contribution is 0.0944. The maximum absolute atomic E-state index is 12.7. The van der Waals surface area contributed by atoms with E-state index in [2.05, 4.69) is 42.6 Å². The zero-order valence-corrected chi connectivity index (χ0v) is 15.0. The molecule has 0 atom stereocenters. The van der Waals surface area contributed by atoms with E-state index >= 15 is 0 Å². The summed E-state index contributed by atoms with van der Waals surface area (Å²) >= 11 is 0. The van der Waals surface area contributed by atoms with Crippen molar-refractivity contribution in [3.05, 3.63) is 59.7 Å². The highest BCUT2D eigenvalue weighted by Gasteiger charge is 2.29. The second kappa shape index (κ2) is 7.83. The summed E-state index contributed by atoms with van der Waals surface area (Å²) in [6, 6.07) is 17.1. The highest BCUT2D eigenvalue weighted by atomic mass is 16.1. The molecular weight excluding hydrogens is 308 g/mol. The van der Waals surface area contributed by atoms with E-state index in [4.69, 9.17) is 5.73 Å². The minimum absolute atomic E-state index is 0.0683. The summed E-state index contributed by atoms with van der Waals surface area (Å²) in [5.74, 6) is -0.0683. The van der Waals surface area contributed by atoms with Crippen molar-refractivity contribution in [3.63, 3.8) is 0 Å². The Morgan fingerprint density at radius 3 is 2.60 bits per heavy atom. The van der Waals surface area contributed by atoms with Gasteiger partial charge in [-0.1, -0.05) is 62.6 Å². The van der Waals surface area contributed by atoms with Crippen LogP contribution in [0, 0.1) is 6.07 Å². The molecule has 0 unspecified atom stereocenters. The predicted molar refractivity (Wildman–Crippen MR) is 102 cm³/mol. The lowest BCUT2D eigenvalue weighted by atomic mass is 9.96. The Bertz CT molecular complexity index is 715. The number of aryl methyl sites for hydroxylation is 1. The van der Waals surface area contributed by atoms with Crippen LogP contribution in [-0.4, -0.2) is 18.0 Å². The van der Waals surface area contributed by atoms with Gasteiger partial charge in [-0.2, -0.15) is 0 Å². The van der Waals surface area contributed by atoms with E-state index < -0.39 is 0 Å². The van der Waals surface area contributed by atoms with Crippen LogP contribution in [0.25, 0.3) is 11.1 Å². The van der Waals surface area contributed by atoms with Gasteiger partial charge in [0.1, 0.15) is 0 Å². The van der Waals surface area contributed by atoms with E-state index in [1.54, 1.807) is 6.07 Å². The molecule has 1 amide bonds. The Labute approximate surface area is 150 Å². The molecule has 0 aliphatic heterocycles. The maximum Gasteiger partial charge on any atom is 0.251 e. The topological polar surface area (TPSA) is 55.1 Å². The van der Waals surface area contributed by atoms with Crippen molar-refractivity contribution in [3.8, 4) is 11.1 Å². The predicted octanol–water partition coefficient (Wildman–Crippen LogP) is 4.11. The summed E-state index contributed by atoms with van der Waals surface area (Å²) in [7, 11) is 0. The third kappa shape index (κ3) is 4.29. The number of carbonyl (C=O) groups is 1. The molecular formula is C22H27N2O. The van der Waals surface area contributed by atoms with E-state index in [1.807, 2.05) is 12.1 Å². The number of rotatable bonds is 6. The maximum atomic E-state index is 12.7. The van der Waals surface area contributed by atoms with Crippen LogP contribution in [0.15, 0.2) is 42.5 Å². The summed E-state index contributed by atoms with van der Waals surface area (Å²) in [4.78, 5) is 12.7. The molecule has 0 heterocycles. The summed E-state index contributed by atoms with van der Waals surface area (Å²) in [5.41, 5.74) is 10.1. The summed E-state index contributed by atoms with van der Waals surface area (Å²) in [6.07, 6.45) is 6.49. The Kier molecular flexibility index (Phi) is 5.54. The van der Waals surface area contributed by atoms with E-state index in [-0.39, 0.29) is 11.4 Å². The first-order valence-electron chi connectivity index (χ1n) is 9.28. The first kappa shape index (κ1) is 17.7. The molecule has 2 aromatic rings.